The Morgan fingerprint density at radius 2 is 0.527 bits per heavy atom. The molecular weight excluding hydrogens is 1160 g/mol. The van der Waals surface area contributed by atoms with Gasteiger partial charge in [-0.05, 0) is 160 Å². The lowest BCUT2D eigenvalue weighted by molar-refractivity contribution is 0.415. The van der Waals surface area contributed by atoms with Gasteiger partial charge in [0, 0.05) is 50.0 Å². The number of ether oxygens (including phenoxy) is 1. The molecule has 0 saturated carbocycles. The maximum Gasteiger partial charge on any atom is 0.179 e. The van der Waals surface area contributed by atoms with Crippen LogP contribution < -0.4 is 51.1 Å². The Kier molecular flexibility index (Phi) is 13.8. The molecule has 0 unspecified atom stereocenters. The summed E-state index contributed by atoms with van der Waals surface area (Å²) < 4.78 is 10.8. The van der Waals surface area contributed by atoms with Gasteiger partial charge in [0.25, 0.3) is 0 Å². The second kappa shape index (κ2) is 23.0. The molecule has 0 bridgehead atoms. The predicted octanol–water partition coefficient (Wildman–Crippen LogP) is 16.4. The third-order valence-electron chi connectivity index (χ3n) is 19.4. The number of benzene rings is 15. The number of aromatic nitrogens is 2. The normalized spacial score (nSPS) is 11.9. The molecule has 2 heterocycles. The first-order valence-corrected chi connectivity index (χ1v) is 36.0. The van der Waals surface area contributed by atoms with Gasteiger partial charge < -0.3 is 18.8 Å². The number of hydrogen-bond donors (Lipinski definition) is 0. The Balaban J connectivity index is 0.938. The average molecular weight is 1220 g/mol. The van der Waals surface area contributed by atoms with Crippen molar-refractivity contribution in [3.8, 4) is 17.1 Å². The third-order valence-corrected chi connectivity index (χ3v) is 29.0. The summed E-state index contributed by atoms with van der Waals surface area (Å²) in [5, 5.41) is 20.2. The van der Waals surface area contributed by atoms with Crippen molar-refractivity contribution < 1.29 is 4.74 Å². The standard InChI is InChI=1S/C87H63N3OSi2/c1-91-71-48-44-66(45-49-71)88(69-46-52-84-80(58-69)82-60-78(50-54-86(82)89(84)67-42-40-62-24-20-22-26-64(62)56-67)92(72-28-8-2-9-29-72,73-30-10-3-11-31-73)74-32-12-4-13-33-74)70-47-53-85-81(59-70)83-61-79(51-55-87(83)90(85)68-43-41-63-25-21-23-27-65(63)57-68)93(75-34-14-5-15-35-75,76-36-16-6-17-37-76)77-38-18-7-19-39-77/h2-61H,1H3. The van der Waals surface area contributed by atoms with E-state index >= 15 is 0 Å². The molecule has 0 saturated heterocycles. The minimum absolute atomic E-state index is 0.798. The number of methoxy groups -OCH3 is 1. The Morgan fingerprint density at radius 3 is 0.860 bits per heavy atom. The van der Waals surface area contributed by atoms with E-state index in [-0.39, 0.29) is 0 Å². The van der Waals surface area contributed by atoms with Crippen molar-refractivity contribution in [1.82, 2.24) is 9.13 Å². The Labute approximate surface area is 543 Å². The summed E-state index contributed by atoms with van der Waals surface area (Å²) in [6, 6.07) is 136. The summed E-state index contributed by atoms with van der Waals surface area (Å²) in [4.78, 5) is 2.44. The largest absolute Gasteiger partial charge is 0.497 e. The van der Waals surface area contributed by atoms with E-state index in [0.29, 0.717) is 0 Å². The van der Waals surface area contributed by atoms with Crippen molar-refractivity contribution in [3.63, 3.8) is 0 Å². The van der Waals surface area contributed by atoms with Crippen LogP contribution >= 0.6 is 0 Å². The zero-order valence-electron chi connectivity index (χ0n) is 51.4. The van der Waals surface area contributed by atoms with Crippen LogP contribution in [0.15, 0.2) is 364 Å². The van der Waals surface area contributed by atoms with Crippen molar-refractivity contribution in [2.24, 2.45) is 0 Å². The Hall–Kier alpha value is -11.5. The van der Waals surface area contributed by atoms with E-state index in [1.807, 2.05) is 0 Å². The van der Waals surface area contributed by atoms with Crippen molar-refractivity contribution in [2.75, 3.05) is 12.0 Å². The fourth-order valence-corrected chi connectivity index (χ4v) is 24.8. The fourth-order valence-electron chi connectivity index (χ4n) is 15.3. The monoisotopic (exact) mass is 1220 g/mol. The molecule has 17 aromatic rings. The molecule has 93 heavy (non-hydrogen) atoms. The molecule has 0 radical (unpaired) electrons. The number of fused-ring (bicyclic) bond motifs is 8. The molecule has 0 aliphatic carbocycles. The van der Waals surface area contributed by atoms with Gasteiger partial charge in [0.15, 0.2) is 16.1 Å². The van der Waals surface area contributed by atoms with Gasteiger partial charge >= 0.3 is 0 Å². The van der Waals surface area contributed by atoms with Crippen LogP contribution in [0.2, 0.25) is 0 Å². The quantitative estimate of drug-likeness (QED) is 0.0800. The SMILES string of the molecule is COc1ccc(N(c2ccc3c(c2)c2cc([Si](c4ccccc4)(c4ccccc4)c4ccccc4)ccc2n3-c2ccc3ccccc3c2)c2ccc3c(c2)c2cc([Si](c4ccccc4)(c4ccccc4)c4ccccc4)ccc2n3-c2ccc3ccccc3c2)cc1. The van der Waals surface area contributed by atoms with E-state index in [1.165, 1.54) is 73.8 Å². The molecule has 17 rings (SSSR count). The van der Waals surface area contributed by atoms with E-state index in [2.05, 4.69) is 378 Å². The highest BCUT2D eigenvalue weighted by Gasteiger charge is 2.43. The molecule has 0 aliphatic rings. The molecule has 0 atom stereocenters. The maximum atomic E-state index is 5.87. The van der Waals surface area contributed by atoms with E-state index < -0.39 is 16.1 Å². The maximum absolute atomic E-state index is 5.87. The number of hydrogen-bond acceptors (Lipinski definition) is 2. The second-order valence-electron chi connectivity index (χ2n) is 24.3. The Bertz CT molecular complexity index is 5080. The van der Waals surface area contributed by atoms with Crippen LogP contribution in [0, 0.1) is 0 Å². The van der Waals surface area contributed by atoms with Gasteiger partial charge in [-0.25, -0.2) is 0 Å². The van der Waals surface area contributed by atoms with Crippen LogP contribution in [0.1, 0.15) is 0 Å². The highest BCUT2D eigenvalue weighted by Crippen LogP contribution is 2.43. The number of rotatable bonds is 14. The van der Waals surface area contributed by atoms with Crippen LogP contribution in [0.5, 0.6) is 5.75 Å². The topological polar surface area (TPSA) is 22.3 Å². The van der Waals surface area contributed by atoms with Crippen molar-refractivity contribution >= 4 is 140 Å². The number of nitrogens with zero attached hydrogens (tertiary/aromatic N) is 3. The fraction of sp³-hybridized carbons (Fsp3) is 0.0115. The lowest BCUT2D eigenvalue weighted by Crippen LogP contribution is -2.74. The van der Waals surface area contributed by atoms with Crippen LogP contribution in [-0.2, 0) is 0 Å². The van der Waals surface area contributed by atoms with E-state index in [1.54, 1.807) is 7.11 Å². The first-order chi connectivity index (χ1) is 46.1. The molecule has 2 aromatic heterocycles. The van der Waals surface area contributed by atoms with Gasteiger partial charge in [-0.2, -0.15) is 0 Å². The molecule has 0 fully saturated rings. The predicted molar refractivity (Wildman–Crippen MR) is 399 cm³/mol. The lowest BCUT2D eigenvalue weighted by atomic mass is 10.1. The molecular formula is C87H63N3OSi2. The smallest absolute Gasteiger partial charge is 0.179 e. The van der Waals surface area contributed by atoms with Crippen LogP contribution in [0.4, 0.5) is 17.1 Å². The summed E-state index contributed by atoms with van der Waals surface area (Å²) in [6.45, 7) is 0. The summed E-state index contributed by atoms with van der Waals surface area (Å²) >= 11 is 0. The van der Waals surface area contributed by atoms with Gasteiger partial charge in [0.2, 0.25) is 0 Å². The van der Waals surface area contributed by atoms with Crippen LogP contribution in [0.25, 0.3) is 76.5 Å². The van der Waals surface area contributed by atoms with Crippen LogP contribution in [0.3, 0.4) is 0 Å². The van der Waals surface area contributed by atoms with Crippen molar-refractivity contribution in [2.45, 2.75) is 0 Å². The van der Waals surface area contributed by atoms with Crippen molar-refractivity contribution in [1.29, 1.82) is 0 Å². The molecule has 4 nitrogen and oxygen atoms in total. The van der Waals surface area contributed by atoms with E-state index in [4.69, 9.17) is 4.74 Å². The summed E-state index contributed by atoms with van der Waals surface area (Å²) in [5.74, 6) is 0.798. The molecule has 15 aromatic carbocycles. The zero-order chi connectivity index (χ0) is 61.9. The lowest BCUT2D eigenvalue weighted by Gasteiger charge is -2.34. The molecule has 0 N–H and O–H groups in total. The number of anilines is 3. The van der Waals surface area contributed by atoms with Gasteiger partial charge in [0.1, 0.15) is 5.75 Å². The summed E-state index contributed by atoms with van der Waals surface area (Å²) in [7, 11) is -4.16. The van der Waals surface area contributed by atoms with Crippen LogP contribution in [-0.4, -0.2) is 32.4 Å². The minimum atomic E-state index is -2.95. The van der Waals surface area contributed by atoms with E-state index in [9.17, 15) is 0 Å². The summed E-state index contributed by atoms with van der Waals surface area (Å²) in [6.07, 6.45) is 0. The van der Waals surface area contributed by atoms with Crippen molar-refractivity contribution in [3.05, 3.63) is 364 Å². The van der Waals surface area contributed by atoms with Gasteiger partial charge in [-0.1, -0.05) is 267 Å². The van der Waals surface area contributed by atoms with E-state index in [0.717, 1.165) is 67.0 Å². The van der Waals surface area contributed by atoms with Gasteiger partial charge in [-0.3, -0.25) is 0 Å². The molecule has 0 spiro atoms. The zero-order valence-corrected chi connectivity index (χ0v) is 53.4. The average Bonchev–Trinajstić information content (AvgIpc) is 1.72. The first kappa shape index (κ1) is 55.5. The highest BCUT2D eigenvalue weighted by atomic mass is 28.3. The Morgan fingerprint density at radius 1 is 0.237 bits per heavy atom. The molecule has 6 heteroatoms. The molecule has 440 valence electrons. The first-order valence-electron chi connectivity index (χ1n) is 32.0. The summed E-state index contributed by atoms with van der Waals surface area (Å²) in [5.41, 5.74) is 9.88. The second-order valence-corrected chi connectivity index (χ2v) is 31.9. The van der Waals surface area contributed by atoms with Gasteiger partial charge in [0.05, 0.1) is 29.2 Å². The molecule has 0 aliphatic heterocycles. The molecule has 0 amide bonds. The highest BCUT2D eigenvalue weighted by molar-refractivity contribution is 7.20. The third kappa shape index (κ3) is 9.16. The minimum Gasteiger partial charge on any atom is -0.497 e. The van der Waals surface area contributed by atoms with Gasteiger partial charge in [-0.15, -0.1) is 0 Å².